The first-order valence-corrected chi connectivity index (χ1v) is 5.90. The predicted octanol–water partition coefficient (Wildman–Crippen LogP) is 3.72. The largest absolute Gasteiger partial charge is 0.476 e. The fourth-order valence-electron chi connectivity index (χ4n) is 2.01. The summed E-state index contributed by atoms with van der Waals surface area (Å²) in [6.07, 6.45) is 0.337. The summed E-state index contributed by atoms with van der Waals surface area (Å²) in [5, 5.41) is 0. The summed E-state index contributed by atoms with van der Waals surface area (Å²) in [6, 6.07) is 8.20. The Morgan fingerprint density at radius 1 is 1.19 bits per heavy atom. The molecule has 1 fully saturated rings. The lowest BCUT2D eigenvalue weighted by molar-refractivity contribution is 0.0284. The van der Waals surface area contributed by atoms with E-state index in [0.29, 0.717) is 17.9 Å². The minimum absolute atomic E-state index is 0.337. The van der Waals surface area contributed by atoms with Gasteiger partial charge in [0.25, 0.3) is 0 Å². The maximum absolute atomic E-state index is 5.70. The standard InChI is InChI=1S/C14H19NO/c1-9(2)13-11(4)14(16-13)15-12-7-5-10(3)6-8-12/h5-9,11,13H,1-4H3/t11-,13-/m1/s1. The van der Waals surface area contributed by atoms with Crippen molar-refractivity contribution in [1.29, 1.82) is 0 Å². The zero-order valence-electron chi connectivity index (χ0n) is 10.4. The number of hydrogen-bond acceptors (Lipinski definition) is 2. The van der Waals surface area contributed by atoms with Gasteiger partial charge in [0.1, 0.15) is 6.10 Å². The van der Waals surface area contributed by atoms with E-state index in [1.807, 2.05) is 12.1 Å². The molecule has 86 valence electrons. The van der Waals surface area contributed by atoms with Crippen LogP contribution in [0.2, 0.25) is 0 Å². The van der Waals surface area contributed by atoms with Crippen LogP contribution in [0.4, 0.5) is 5.69 Å². The normalized spacial score (nSPS) is 26.7. The van der Waals surface area contributed by atoms with Crippen molar-refractivity contribution < 1.29 is 4.74 Å². The SMILES string of the molecule is Cc1ccc(N=C2O[C@H](C(C)C)[C@H]2C)cc1. The lowest BCUT2D eigenvalue weighted by Crippen LogP contribution is -2.46. The molecule has 0 amide bonds. The molecule has 16 heavy (non-hydrogen) atoms. The van der Waals surface area contributed by atoms with E-state index >= 15 is 0 Å². The van der Waals surface area contributed by atoms with Crippen LogP contribution in [-0.4, -0.2) is 12.0 Å². The van der Waals surface area contributed by atoms with Gasteiger partial charge in [-0.15, -0.1) is 0 Å². The third-order valence-electron chi connectivity index (χ3n) is 3.07. The maximum Gasteiger partial charge on any atom is 0.195 e. The number of benzene rings is 1. The molecule has 0 aliphatic carbocycles. The Hall–Kier alpha value is -1.31. The summed E-state index contributed by atoms with van der Waals surface area (Å²) >= 11 is 0. The Bertz CT molecular complexity index is 392. The van der Waals surface area contributed by atoms with Gasteiger partial charge < -0.3 is 4.74 Å². The van der Waals surface area contributed by atoms with E-state index in [1.165, 1.54) is 5.56 Å². The van der Waals surface area contributed by atoms with Gasteiger partial charge in [-0.3, -0.25) is 0 Å². The fraction of sp³-hybridized carbons (Fsp3) is 0.500. The van der Waals surface area contributed by atoms with Crippen molar-refractivity contribution in [3.05, 3.63) is 29.8 Å². The molecule has 0 saturated carbocycles. The van der Waals surface area contributed by atoms with Crippen LogP contribution in [0.3, 0.4) is 0 Å². The molecule has 0 spiro atoms. The molecule has 2 rings (SSSR count). The summed E-state index contributed by atoms with van der Waals surface area (Å²) in [5.74, 6) is 1.89. The molecule has 0 radical (unpaired) electrons. The first-order valence-electron chi connectivity index (χ1n) is 5.90. The first kappa shape index (κ1) is 11.2. The number of nitrogens with zero attached hydrogens (tertiary/aromatic N) is 1. The molecule has 1 saturated heterocycles. The van der Waals surface area contributed by atoms with Crippen molar-refractivity contribution in [3.8, 4) is 0 Å². The molecule has 0 aromatic heterocycles. The van der Waals surface area contributed by atoms with E-state index in [2.05, 4.69) is 44.8 Å². The molecule has 1 aliphatic rings. The summed E-state index contributed by atoms with van der Waals surface area (Å²) in [6.45, 7) is 8.63. The van der Waals surface area contributed by atoms with Crippen molar-refractivity contribution in [1.82, 2.24) is 0 Å². The summed E-state index contributed by atoms with van der Waals surface area (Å²) in [7, 11) is 0. The molecule has 0 bridgehead atoms. The second-order valence-corrected chi connectivity index (χ2v) is 4.90. The van der Waals surface area contributed by atoms with Gasteiger partial charge in [-0.25, -0.2) is 4.99 Å². The van der Waals surface area contributed by atoms with Crippen LogP contribution >= 0.6 is 0 Å². The van der Waals surface area contributed by atoms with Gasteiger partial charge in [-0.2, -0.15) is 0 Å². The van der Waals surface area contributed by atoms with Gasteiger partial charge in [-0.05, 0) is 25.0 Å². The minimum Gasteiger partial charge on any atom is -0.476 e. The average molecular weight is 217 g/mol. The van der Waals surface area contributed by atoms with E-state index in [9.17, 15) is 0 Å². The second-order valence-electron chi connectivity index (χ2n) is 4.90. The smallest absolute Gasteiger partial charge is 0.195 e. The van der Waals surface area contributed by atoms with E-state index in [1.54, 1.807) is 0 Å². The highest BCUT2D eigenvalue weighted by Crippen LogP contribution is 2.31. The predicted molar refractivity (Wildman–Crippen MR) is 67.1 cm³/mol. The number of aliphatic imine (C=N–C) groups is 1. The third kappa shape index (κ3) is 2.11. The molecule has 2 atom stereocenters. The van der Waals surface area contributed by atoms with Crippen LogP contribution < -0.4 is 0 Å². The van der Waals surface area contributed by atoms with E-state index in [0.717, 1.165) is 11.6 Å². The molecule has 2 nitrogen and oxygen atoms in total. The zero-order chi connectivity index (χ0) is 11.7. The van der Waals surface area contributed by atoms with Crippen LogP contribution in [0.5, 0.6) is 0 Å². The highest BCUT2D eigenvalue weighted by atomic mass is 16.5. The number of hydrogen-bond donors (Lipinski definition) is 0. The quantitative estimate of drug-likeness (QED) is 0.740. The molecular formula is C14H19NO. The molecule has 1 aliphatic heterocycles. The summed E-state index contributed by atoms with van der Waals surface area (Å²) < 4.78 is 5.70. The molecule has 0 N–H and O–H groups in total. The van der Waals surface area contributed by atoms with E-state index in [4.69, 9.17) is 4.74 Å². The highest BCUT2D eigenvalue weighted by Gasteiger charge is 2.38. The second kappa shape index (κ2) is 4.28. The lowest BCUT2D eigenvalue weighted by Gasteiger charge is -2.39. The number of ether oxygens (including phenoxy) is 1. The number of aryl methyl sites for hydroxylation is 1. The first-order chi connectivity index (χ1) is 7.58. The van der Waals surface area contributed by atoms with Gasteiger partial charge in [0.15, 0.2) is 5.90 Å². The zero-order valence-corrected chi connectivity index (χ0v) is 10.4. The maximum atomic E-state index is 5.70. The van der Waals surface area contributed by atoms with Crippen LogP contribution in [0, 0.1) is 18.8 Å². The Kier molecular flexibility index (Phi) is 2.99. The monoisotopic (exact) mass is 217 g/mol. The Morgan fingerprint density at radius 2 is 1.81 bits per heavy atom. The average Bonchev–Trinajstić information content (AvgIpc) is 2.25. The molecule has 1 heterocycles. The number of rotatable bonds is 2. The topological polar surface area (TPSA) is 21.6 Å². The third-order valence-corrected chi connectivity index (χ3v) is 3.07. The lowest BCUT2D eigenvalue weighted by atomic mass is 9.89. The Balaban J connectivity index is 2.07. The fourth-order valence-corrected chi connectivity index (χ4v) is 2.01. The van der Waals surface area contributed by atoms with Crippen molar-refractivity contribution >= 4 is 11.6 Å². The van der Waals surface area contributed by atoms with Crippen molar-refractivity contribution in [2.45, 2.75) is 33.8 Å². The van der Waals surface area contributed by atoms with Crippen LogP contribution in [0.25, 0.3) is 0 Å². The molecular weight excluding hydrogens is 198 g/mol. The highest BCUT2D eigenvalue weighted by molar-refractivity contribution is 5.86. The van der Waals surface area contributed by atoms with Gasteiger partial charge >= 0.3 is 0 Å². The summed E-state index contributed by atoms with van der Waals surface area (Å²) in [5.41, 5.74) is 2.24. The van der Waals surface area contributed by atoms with Crippen LogP contribution in [-0.2, 0) is 4.74 Å². The van der Waals surface area contributed by atoms with Crippen LogP contribution in [0.15, 0.2) is 29.3 Å². The molecule has 1 aromatic rings. The van der Waals surface area contributed by atoms with Gasteiger partial charge in [0.2, 0.25) is 0 Å². The van der Waals surface area contributed by atoms with E-state index < -0.39 is 0 Å². The van der Waals surface area contributed by atoms with Crippen molar-refractivity contribution in [3.63, 3.8) is 0 Å². The summed E-state index contributed by atoms with van der Waals surface area (Å²) in [4.78, 5) is 4.51. The Labute approximate surface area is 97.4 Å². The molecule has 2 heteroatoms. The van der Waals surface area contributed by atoms with Gasteiger partial charge in [0.05, 0.1) is 11.6 Å². The molecule has 1 aromatic carbocycles. The van der Waals surface area contributed by atoms with E-state index in [-0.39, 0.29) is 0 Å². The van der Waals surface area contributed by atoms with Gasteiger partial charge in [-0.1, -0.05) is 38.5 Å². The Morgan fingerprint density at radius 3 is 2.31 bits per heavy atom. The van der Waals surface area contributed by atoms with Crippen molar-refractivity contribution in [2.75, 3.05) is 0 Å². The molecule has 0 unspecified atom stereocenters. The minimum atomic E-state index is 0.337. The van der Waals surface area contributed by atoms with Gasteiger partial charge in [0, 0.05) is 0 Å². The van der Waals surface area contributed by atoms with Crippen LogP contribution in [0.1, 0.15) is 26.3 Å². The van der Waals surface area contributed by atoms with Crippen molar-refractivity contribution in [2.24, 2.45) is 16.8 Å².